The third-order valence-electron chi connectivity index (χ3n) is 4.90. The molecule has 0 aromatic carbocycles. The number of rotatable bonds is 7. The van der Waals surface area contributed by atoms with Crippen molar-refractivity contribution in [2.24, 2.45) is 0 Å². The van der Waals surface area contributed by atoms with Gasteiger partial charge in [-0.25, -0.2) is 0 Å². The molecule has 8 nitrogen and oxygen atoms in total. The number of nitrogens with one attached hydrogen (secondary N) is 2. The molecule has 2 aromatic heterocycles. The molecule has 0 saturated heterocycles. The van der Waals surface area contributed by atoms with Crippen molar-refractivity contribution in [3.63, 3.8) is 0 Å². The number of nitrogens with zero attached hydrogens (tertiary/aromatic N) is 4. The van der Waals surface area contributed by atoms with Crippen LogP contribution in [-0.4, -0.2) is 44.2 Å². The maximum Gasteiger partial charge on any atom is 0.272 e. The minimum atomic E-state index is -0.561. The van der Waals surface area contributed by atoms with Crippen LogP contribution in [-0.2, 0) is 12.1 Å². The second kappa shape index (κ2) is 7.35. The Morgan fingerprint density at radius 1 is 1.36 bits per heavy atom. The summed E-state index contributed by atoms with van der Waals surface area (Å²) in [4.78, 5) is 19.4. The molecule has 1 aliphatic rings. The molecule has 25 heavy (non-hydrogen) atoms. The lowest BCUT2D eigenvalue weighted by Gasteiger charge is -2.26. The highest BCUT2D eigenvalue weighted by Crippen LogP contribution is 2.37. The predicted molar refractivity (Wildman–Crippen MR) is 91.9 cm³/mol. The van der Waals surface area contributed by atoms with Crippen molar-refractivity contribution in [1.82, 2.24) is 30.6 Å². The van der Waals surface area contributed by atoms with E-state index in [1.165, 1.54) is 0 Å². The van der Waals surface area contributed by atoms with Crippen molar-refractivity contribution in [1.29, 1.82) is 0 Å². The predicted octanol–water partition coefficient (Wildman–Crippen LogP) is 2.14. The third kappa shape index (κ3) is 3.73. The molecule has 0 bridgehead atoms. The van der Waals surface area contributed by atoms with Crippen LogP contribution in [0, 0.1) is 6.92 Å². The van der Waals surface area contributed by atoms with Crippen LogP contribution in [0.15, 0.2) is 10.6 Å². The minimum Gasteiger partial charge on any atom is -0.338 e. The second-order valence-corrected chi connectivity index (χ2v) is 6.65. The molecular weight excluding hydrogens is 320 g/mol. The van der Waals surface area contributed by atoms with Crippen LogP contribution in [0.2, 0.25) is 0 Å². The van der Waals surface area contributed by atoms with E-state index < -0.39 is 5.54 Å². The van der Waals surface area contributed by atoms with Gasteiger partial charge in [-0.1, -0.05) is 31.8 Å². The van der Waals surface area contributed by atoms with E-state index >= 15 is 0 Å². The van der Waals surface area contributed by atoms with Crippen LogP contribution < -0.4 is 5.32 Å². The van der Waals surface area contributed by atoms with E-state index in [-0.39, 0.29) is 5.91 Å². The molecule has 136 valence electrons. The van der Waals surface area contributed by atoms with Gasteiger partial charge < -0.3 is 9.84 Å². The highest BCUT2D eigenvalue weighted by Gasteiger charge is 2.42. The number of carbonyl (C=O) groups excluding carboxylic acids is 1. The van der Waals surface area contributed by atoms with E-state index in [2.05, 4.69) is 44.4 Å². The zero-order valence-electron chi connectivity index (χ0n) is 15.1. The summed E-state index contributed by atoms with van der Waals surface area (Å²) in [5.74, 6) is 0.962. The van der Waals surface area contributed by atoms with E-state index in [9.17, 15) is 4.79 Å². The van der Waals surface area contributed by atoms with Gasteiger partial charge in [-0.3, -0.25) is 14.8 Å². The molecule has 1 fully saturated rings. The lowest BCUT2D eigenvalue weighted by atomic mass is 9.96. The van der Waals surface area contributed by atoms with Gasteiger partial charge >= 0.3 is 0 Å². The van der Waals surface area contributed by atoms with E-state index in [0.29, 0.717) is 24.0 Å². The van der Waals surface area contributed by atoms with Crippen molar-refractivity contribution >= 4 is 5.91 Å². The van der Waals surface area contributed by atoms with Crippen LogP contribution in [0.4, 0.5) is 0 Å². The maximum atomic E-state index is 12.6. The van der Waals surface area contributed by atoms with Crippen LogP contribution >= 0.6 is 0 Å². The summed E-state index contributed by atoms with van der Waals surface area (Å²) < 4.78 is 5.45. The summed E-state index contributed by atoms with van der Waals surface area (Å²) in [6.45, 7) is 8.55. The monoisotopic (exact) mass is 346 g/mol. The molecule has 8 heteroatoms. The Bertz CT molecular complexity index is 712. The summed E-state index contributed by atoms with van der Waals surface area (Å²) in [7, 11) is 0. The Morgan fingerprint density at radius 3 is 2.68 bits per heavy atom. The quantitative estimate of drug-likeness (QED) is 0.797. The van der Waals surface area contributed by atoms with Gasteiger partial charge in [0.25, 0.3) is 5.91 Å². The van der Waals surface area contributed by atoms with Gasteiger partial charge in [0.2, 0.25) is 5.89 Å². The number of aryl methyl sites for hydroxylation is 1. The van der Waals surface area contributed by atoms with Crippen molar-refractivity contribution in [2.45, 2.75) is 58.5 Å². The molecule has 0 atom stereocenters. The highest BCUT2D eigenvalue weighted by atomic mass is 16.5. The summed E-state index contributed by atoms with van der Waals surface area (Å²) in [6, 6.07) is 1.74. The average Bonchev–Trinajstić information content (AvgIpc) is 3.33. The van der Waals surface area contributed by atoms with E-state index in [1.54, 1.807) is 6.07 Å². The lowest BCUT2D eigenvalue weighted by molar-refractivity contribution is 0.0886. The summed E-state index contributed by atoms with van der Waals surface area (Å²) in [6.07, 6.45) is 3.68. The lowest BCUT2D eigenvalue weighted by Crippen LogP contribution is -2.44. The van der Waals surface area contributed by atoms with E-state index in [0.717, 1.165) is 44.5 Å². The average molecular weight is 346 g/mol. The maximum absolute atomic E-state index is 12.6. The number of hydrogen-bond donors (Lipinski definition) is 2. The SMILES string of the molecule is CCN(CC)Cc1nc(C2(NC(=O)c3cc(C)[nH]n3)CCCC2)no1. The first-order valence-corrected chi connectivity index (χ1v) is 8.96. The molecule has 1 saturated carbocycles. The van der Waals surface area contributed by atoms with Gasteiger partial charge in [-0.15, -0.1) is 0 Å². The smallest absolute Gasteiger partial charge is 0.272 e. The van der Waals surface area contributed by atoms with Crippen molar-refractivity contribution < 1.29 is 9.32 Å². The summed E-state index contributed by atoms with van der Waals surface area (Å²) >= 11 is 0. The van der Waals surface area contributed by atoms with Gasteiger partial charge in [0, 0.05) is 5.69 Å². The van der Waals surface area contributed by atoms with Crippen molar-refractivity contribution in [2.75, 3.05) is 13.1 Å². The van der Waals surface area contributed by atoms with E-state index in [1.807, 2.05) is 6.92 Å². The van der Waals surface area contributed by atoms with Crippen molar-refractivity contribution in [3.8, 4) is 0 Å². The molecular formula is C17H26N6O2. The molecule has 2 heterocycles. The topological polar surface area (TPSA) is 99.9 Å². The molecule has 1 amide bonds. The minimum absolute atomic E-state index is 0.207. The van der Waals surface area contributed by atoms with Crippen LogP contribution in [0.5, 0.6) is 0 Å². The first kappa shape index (κ1) is 17.6. The number of aromatic amines is 1. The molecule has 0 unspecified atom stereocenters. The molecule has 2 aromatic rings. The van der Waals surface area contributed by atoms with Gasteiger partial charge in [0.05, 0.1) is 6.54 Å². The van der Waals surface area contributed by atoms with Gasteiger partial charge in [0.15, 0.2) is 5.82 Å². The third-order valence-corrected chi connectivity index (χ3v) is 4.90. The number of aromatic nitrogens is 4. The Balaban J connectivity index is 1.78. The fourth-order valence-corrected chi connectivity index (χ4v) is 3.35. The summed E-state index contributed by atoms with van der Waals surface area (Å²) in [5, 5.41) is 14.1. The Labute approximate surface area is 147 Å². The molecule has 0 aliphatic heterocycles. The summed E-state index contributed by atoms with van der Waals surface area (Å²) in [5.41, 5.74) is 0.678. The fraction of sp³-hybridized carbons (Fsp3) is 0.647. The Morgan fingerprint density at radius 2 is 2.08 bits per heavy atom. The van der Waals surface area contributed by atoms with Crippen LogP contribution in [0.3, 0.4) is 0 Å². The first-order chi connectivity index (χ1) is 12.1. The van der Waals surface area contributed by atoms with Crippen molar-refractivity contribution in [3.05, 3.63) is 29.2 Å². The largest absolute Gasteiger partial charge is 0.338 e. The fourth-order valence-electron chi connectivity index (χ4n) is 3.35. The Kier molecular flexibility index (Phi) is 5.17. The number of H-pyrrole nitrogens is 1. The molecule has 2 N–H and O–H groups in total. The number of amides is 1. The van der Waals surface area contributed by atoms with Crippen LogP contribution in [0.1, 0.15) is 67.4 Å². The molecule has 0 radical (unpaired) electrons. The first-order valence-electron chi connectivity index (χ1n) is 8.96. The molecule has 0 spiro atoms. The highest BCUT2D eigenvalue weighted by molar-refractivity contribution is 5.92. The number of carbonyl (C=O) groups is 1. The zero-order chi connectivity index (χ0) is 17.9. The normalized spacial score (nSPS) is 16.5. The van der Waals surface area contributed by atoms with E-state index in [4.69, 9.17) is 4.52 Å². The molecule has 3 rings (SSSR count). The molecule has 1 aliphatic carbocycles. The Hall–Kier alpha value is -2.22. The van der Waals surface area contributed by atoms with Gasteiger partial charge in [0.1, 0.15) is 11.2 Å². The zero-order valence-corrected chi connectivity index (χ0v) is 15.1. The number of hydrogen-bond acceptors (Lipinski definition) is 6. The second-order valence-electron chi connectivity index (χ2n) is 6.65. The standard InChI is InChI=1S/C17H26N6O2/c1-4-23(5-2)11-14-18-16(22-25-14)17(8-6-7-9-17)19-15(24)13-10-12(3)20-21-13/h10H,4-9,11H2,1-3H3,(H,19,24)(H,20,21). The van der Waals surface area contributed by atoms with Crippen LogP contribution in [0.25, 0.3) is 0 Å². The van der Waals surface area contributed by atoms with Gasteiger partial charge in [-0.2, -0.15) is 10.1 Å². The van der Waals surface area contributed by atoms with Gasteiger partial charge in [-0.05, 0) is 38.9 Å².